The number of nitrogens with zero attached hydrogens (tertiary/aromatic N) is 3. The maximum absolute atomic E-state index is 13.0. The van der Waals surface area contributed by atoms with Crippen molar-refractivity contribution in [3.8, 4) is 11.4 Å². The second kappa shape index (κ2) is 10.2. The predicted octanol–water partition coefficient (Wildman–Crippen LogP) is 3.79. The third-order valence-corrected chi connectivity index (χ3v) is 5.74. The maximum Gasteiger partial charge on any atom is 0.253 e. The van der Waals surface area contributed by atoms with Crippen molar-refractivity contribution >= 4 is 11.8 Å². The molecule has 2 aromatic carbocycles. The van der Waals surface area contributed by atoms with Gasteiger partial charge in [0.05, 0.1) is 13.0 Å². The summed E-state index contributed by atoms with van der Waals surface area (Å²) in [5.74, 6) is 0.929. The number of hydrogen-bond acceptors (Lipinski definition) is 3. The number of benzene rings is 2. The Morgan fingerprint density at radius 2 is 1.50 bits per heavy atom. The van der Waals surface area contributed by atoms with Crippen molar-refractivity contribution in [2.24, 2.45) is 0 Å². The first-order chi connectivity index (χ1) is 15.6. The topological polar surface area (TPSA) is 54.8 Å². The largest absolute Gasteiger partial charge is 0.494 e. The molecule has 0 N–H and O–H groups in total. The van der Waals surface area contributed by atoms with Crippen LogP contribution in [0.1, 0.15) is 29.3 Å². The minimum Gasteiger partial charge on any atom is -0.494 e. The van der Waals surface area contributed by atoms with Crippen molar-refractivity contribution in [1.29, 1.82) is 0 Å². The first-order valence-electron chi connectivity index (χ1n) is 11.2. The lowest BCUT2D eigenvalue weighted by Gasteiger charge is -2.22. The van der Waals surface area contributed by atoms with Crippen LogP contribution in [0, 0.1) is 0 Å². The molecule has 1 fully saturated rings. The Bertz CT molecular complexity index is 1030. The zero-order valence-corrected chi connectivity index (χ0v) is 18.4. The molecule has 0 atom stereocenters. The van der Waals surface area contributed by atoms with Crippen LogP contribution in [0.3, 0.4) is 0 Å². The summed E-state index contributed by atoms with van der Waals surface area (Å²) in [4.78, 5) is 29.6. The highest BCUT2D eigenvalue weighted by molar-refractivity contribution is 5.94. The second-order valence-electron chi connectivity index (χ2n) is 7.92. The van der Waals surface area contributed by atoms with E-state index in [4.69, 9.17) is 4.74 Å². The molecule has 0 saturated carbocycles. The Kier molecular flexibility index (Phi) is 6.90. The Hall–Kier alpha value is -3.54. The first-order valence-corrected chi connectivity index (χ1v) is 11.2. The minimum atomic E-state index is 0.0184. The van der Waals surface area contributed by atoms with Crippen LogP contribution in [-0.2, 0) is 11.2 Å². The zero-order valence-electron chi connectivity index (χ0n) is 18.4. The van der Waals surface area contributed by atoms with Gasteiger partial charge in [0, 0.05) is 49.8 Å². The molecule has 1 aromatic heterocycles. The van der Waals surface area contributed by atoms with E-state index in [1.165, 1.54) is 0 Å². The molecule has 6 nitrogen and oxygen atoms in total. The van der Waals surface area contributed by atoms with E-state index in [0.717, 1.165) is 23.4 Å². The summed E-state index contributed by atoms with van der Waals surface area (Å²) in [6.45, 7) is 5.01. The molecule has 2 amide bonds. The molecule has 1 aliphatic rings. The van der Waals surface area contributed by atoms with Crippen LogP contribution >= 0.6 is 0 Å². The average molecular weight is 432 g/mol. The molecule has 2 heterocycles. The van der Waals surface area contributed by atoms with Crippen LogP contribution in [0.25, 0.3) is 5.69 Å². The molecule has 0 unspecified atom stereocenters. The van der Waals surface area contributed by atoms with Gasteiger partial charge in [0.25, 0.3) is 5.91 Å². The lowest BCUT2D eigenvalue weighted by molar-refractivity contribution is -0.130. The lowest BCUT2D eigenvalue weighted by atomic mass is 10.1. The van der Waals surface area contributed by atoms with Crippen LogP contribution in [0.4, 0.5) is 0 Å². The number of amides is 2. The van der Waals surface area contributed by atoms with E-state index in [0.29, 0.717) is 44.8 Å². The molecule has 4 rings (SSSR count). The monoisotopic (exact) mass is 431 g/mol. The van der Waals surface area contributed by atoms with Gasteiger partial charge in [-0.05, 0) is 67.4 Å². The molecular weight excluding hydrogens is 402 g/mol. The van der Waals surface area contributed by atoms with E-state index in [9.17, 15) is 9.59 Å². The number of carbonyl (C=O) groups excluding carboxylic acids is 2. The van der Waals surface area contributed by atoms with Crippen LogP contribution in [0.2, 0.25) is 0 Å². The highest BCUT2D eigenvalue weighted by Gasteiger charge is 2.23. The van der Waals surface area contributed by atoms with Gasteiger partial charge < -0.3 is 19.1 Å². The molecule has 1 saturated heterocycles. The van der Waals surface area contributed by atoms with E-state index in [2.05, 4.69) is 0 Å². The fourth-order valence-corrected chi connectivity index (χ4v) is 3.99. The van der Waals surface area contributed by atoms with Gasteiger partial charge in [-0.3, -0.25) is 9.59 Å². The van der Waals surface area contributed by atoms with E-state index in [-0.39, 0.29) is 11.8 Å². The van der Waals surface area contributed by atoms with Crippen LogP contribution < -0.4 is 4.74 Å². The van der Waals surface area contributed by atoms with Gasteiger partial charge in [-0.2, -0.15) is 0 Å². The van der Waals surface area contributed by atoms with Crippen LogP contribution in [-0.4, -0.2) is 59.0 Å². The smallest absolute Gasteiger partial charge is 0.253 e. The number of carbonyl (C=O) groups is 2. The highest BCUT2D eigenvalue weighted by Crippen LogP contribution is 2.16. The molecule has 0 radical (unpaired) electrons. The standard InChI is InChI=1S/C26H29N3O3/c1-2-32-24-12-6-21(7-13-24)20-25(30)28-16-5-17-29(19-18-28)26(31)22-8-10-23(11-9-22)27-14-3-4-15-27/h3-4,6-15H,2,5,16-20H2,1H3. The van der Waals surface area contributed by atoms with Gasteiger partial charge in [0.2, 0.25) is 5.91 Å². The number of aromatic nitrogens is 1. The first kappa shape index (κ1) is 21.7. The van der Waals surface area contributed by atoms with E-state index in [1.54, 1.807) is 0 Å². The average Bonchev–Trinajstić information content (AvgIpc) is 3.24. The van der Waals surface area contributed by atoms with Crippen LogP contribution in [0.15, 0.2) is 73.1 Å². The van der Waals surface area contributed by atoms with E-state index >= 15 is 0 Å². The van der Waals surface area contributed by atoms with E-state index < -0.39 is 0 Å². The second-order valence-corrected chi connectivity index (χ2v) is 7.92. The normalized spacial score (nSPS) is 14.2. The van der Waals surface area contributed by atoms with Gasteiger partial charge in [-0.1, -0.05) is 12.1 Å². The summed E-state index contributed by atoms with van der Waals surface area (Å²) in [5.41, 5.74) is 2.67. The summed E-state index contributed by atoms with van der Waals surface area (Å²) in [7, 11) is 0. The van der Waals surface area contributed by atoms with Gasteiger partial charge >= 0.3 is 0 Å². The Balaban J connectivity index is 1.33. The van der Waals surface area contributed by atoms with Crippen molar-refractivity contribution < 1.29 is 14.3 Å². The molecule has 0 aliphatic carbocycles. The van der Waals surface area contributed by atoms with Crippen molar-refractivity contribution in [1.82, 2.24) is 14.4 Å². The molecule has 0 spiro atoms. The zero-order chi connectivity index (χ0) is 22.3. The summed E-state index contributed by atoms with van der Waals surface area (Å²) in [6, 6.07) is 19.3. The molecular formula is C26H29N3O3. The van der Waals surface area contributed by atoms with Crippen molar-refractivity contribution in [2.45, 2.75) is 19.8 Å². The van der Waals surface area contributed by atoms with E-state index in [1.807, 2.05) is 94.3 Å². The van der Waals surface area contributed by atoms with Crippen molar-refractivity contribution in [3.05, 3.63) is 84.2 Å². The van der Waals surface area contributed by atoms with Gasteiger partial charge in [-0.15, -0.1) is 0 Å². The maximum atomic E-state index is 13.0. The molecule has 32 heavy (non-hydrogen) atoms. The predicted molar refractivity (Wildman–Crippen MR) is 124 cm³/mol. The Labute approximate surface area is 189 Å². The quantitative estimate of drug-likeness (QED) is 0.597. The summed E-state index contributed by atoms with van der Waals surface area (Å²) >= 11 is 0. The molecule has 3 aromatic rings. The lowest BCUT2D eigenvalue weighted by Crippen LogP contribution is -2.38. The van der Waals surface area contributed by atoms with Crippen molar-refractivity contribution in [3.63, 3.8) is 0 Å². The van der Waals surface area contributed by atoms with Gasteiger partial charge in [0.1, 0.15) is 5.75 Å². The third kappa shape index (κ3) is 5.19. The minimum absolute atomic E-state index is 0.0184. The number of rotatable bonds is 6. The van der Waals surface area contributed by atoms with Gasteiger partial charge in [0.15, 0.2) is 0 Å². The Morgan fingerprint density at radius 3 is 2.19 bits per heavy atom. The third-order valence-electron chi connectivity index (χ3n) is 5.74. The fraction of sp³-hybridized carbons (Fsp3) is 0.308. The molecule has 0 bridgehead atoms. The Morgan fingerprint density at radius 1 is 0.844 bits per heavy atom. The molecule has 6 heteroatoms. The summed E-state index contributed by atoms with van der Waals surface area (Å²) < 4.78 is 7.47. The van der Waals surface area contributed by atoms with Crippen LogP contribution in [0.5, 0.6) is 5.75 Å². The number of hydrogen-bond donors (Lipinski definition) is 0. The van der Waals surface area contributed by atoms with Crippen molar-refractivity contribution in [2.75, 3.05) is 32.8 Å². The molecule has 1 aliphatic heterocycles. The SMILES string of the molecule is CCOc1ccc(CC(=O)N2CCCN(C(=O)c3ccc(-n4cccc4)cc3)CC2)cc1. The molecule has 166 valence electrons. The summed E-state index contributed by atoms with van der Waals surface area (Å²) in [5, 5.41) is 0. The summed E-state index contributed by atoms with van der Waals surface area (Å²) in [6.07, 6.45) is 5.10. The fourth-order valence-electron chi connectivity index (χ4n) is 3.99. The highest BCUT2D eigenvalue weighted by atomic mass is 16.5. The number of ether oxygens (including phenoxy) is 1. The van der Waals surface area contributed by atoms with Gasteiger partial charge in [-0.25, -0.2) is 0 Å².